The fourth-order valence-corrected chi connectivity index (χ4v) is 3.39. The highest BCUT2D eigenvalue weighted by molar-refractivity contribution is 9.10. The van der Waals surface area contributed by atoms with Gasteiger partial charge in [-0.05, 0) is 53.6 Å². The highest BCUT2D eigenvalue weighted by atomic mass is 79.9. The predicted molar refractivity (Wildman–Crippen MR) is 133 cm³/mol. The van der Waals surface area contributed by atoms with Gasteiger partial charge < -0.3 is 24.6 Å². The smallest absolute Gasteiger partial charge is 0.341 e. The molecule has 1 amide bonds. The minimum Gasteiger partial charge on any atom is -0.493 e. The van der Waals surface area contributed by atoms with Crippen molar-refractivity contribution in [3.05, 3.63) is 87.9 Å². The van der Waals surface area contributed by atoms with E-state index in [1.54, 1.807) is 24.3 Å². The Morgan fingerprint density at radius 3 is 2.40 bits per heavy atom. The van der Waals surface area contributed by atoms with E-state index in [0.717, 1.165) is 5.56 Å². The Morgan fingerprint density at radius 1 is 1.06 bits per heavy atom. The Balaban J connectivity index is 1.69. The lowest BCUT2D eigenvalue weighted by atomic mass is 10.1. The number of hydrogen-bond acceptors (Lipinski definition) is 6. The van der Waals surface area contributed by atoms with Gasteiger partial charge in [-0.25, -0.2) is 4.79 Å². The molecule has 0 spiro atoms. The molecule has 0 aromatic heterocycles. The van der Waals surface area contributed by atoms with Gasteiger partial charge in [-0.15, -0.1) is 0 Å². The molecule has 35 heavy (non-hydrogen) atoms. The number of anilines is 1. The molecule has 3 aromatic carbocycles. The Bertz CT molecular complexity index is 1270. The van der Waals surface area contributed by atoms with Crippen LogP contribution in [0.15, 0.2) is 76.8 Å². The summed E-state index contributed by atoms with van der Waals surface area (Å²) in [6, 6.07) is 21.5. The fraction of sp³-hybridized carbons (Fsp3) is 0.115. The lowest BCUT2D eigenvalue weighted by Gasteiger charge is -2.12. The summed E-state index contributed by atoms with van der Waals surface area (Å²) in [5.41, 5.74) is 1.87. The van der Waals surface area contributed by atoms with Crippen LogP contribution in [0.1, 0.15) is 11.1 Å². The minimum atomic E-state index is -1.13. The lowest BCUT2D eigenvalue weighted by Crippen LogP contribution is -2.13. The van der Waals surface area contributed by atoms with Gasteiger partial charge in [0.1, 0.15) is 24.0 Å². The number of ether oxygens (including phenoxy) is 3. The number of methoxy groups -OCH3 is 1. The highest BCUT2D eigenvalue weighted by Crippen LogP contribution is 2.34. The van der Waals surface area contributed by atoms with Crippen LogP contribution in [0.25, 0.3) is 6.08 Å². The van der Waals surface area contributed by atoms with Crippen molar-refractivity contribution in [1.82, 2.24) is 0 Å². The minimum absolute atomic E-state index is 0.142. The number of rotatable bonds is 10. The van der Waals surface area contributed by atoms with E-state index in [-0.39, 0.29) is 17.1 Å². The SMILES string of the molecule is COc1cc(/C=C(\C#N)C(=O)Nc2ccc(OCc3ccccc3)cc2)c(Br)cc1OCC(=O)O. The molecule has 0 aliphatic rings. The van der Waals surface area contributed by atoms with Crippen molar-refractivity contribution in [3.8, 4) is 23.3 Å². The molecule has 8 nitrogen and oxygen atoms in total. The molecular weight excluding hydrogens is 516 g/mol. The summed E-state index contributed by atoms with van der Waals surface area (Å²) in [7, 11) is 1.40. The Kier molecular flexibility index (Phi) is 8.87. The molecule has 2 N–H and O–H groups in total. The quantitative estimate of drug-likeness (QED) is 0.275. The number of carboxylic acids is 1. The lowest BCUT2D eigenvalue weighted by molar-refractivity contribution is -0.139. The van der Waals surface area contributed by atoms with E-state index < -0.39 is 18.5 Å². The van der Waals surface area contributed by atoms with Gasteiger partial charge in [0.15, 0.2) is 18.1 Å². The molecule has 0 unspecified atom stereocenters. The zero-order valence-corrected chi connectivity index (χ0v) is 20.2. The van der Waals surface area contributed by atoms with E-state index in [9.17, 15) is 14.9 Å². The third kappa shape index (κ3) is 7.35. The van der Waals surface area contributed by atoms with E-state index >= 15 is 0 Å². The van der Waals surface area contributed by atoms with Crippen LogP contribution in [0.5, 0.6) is 17.2 Å². The topological polar surface area (TPSA) is 118 Å². The number of nitrogens with zero attached hydrogens (tertiary/aromatic N) is 1. The van der Waals surface area contributed by atoms with E-state index in [0.29, 0.717) is 28.1 Å². The zero-order valence-electron chi connectivity index (χ0n) is 18.7. The summed E-state index contributed by atoms with van der Waals surface area (Å²) in [6.45, 7) is -0.119. The third-order valence-corrected chi connectivity index (χ3v) is 5.35. The molecule has 0 saturated carbocycles. The first-order valence-electron chi connectivity index (χ1n) is 10.3. The third-order valence-electron chi connectivity index (χ3n) is 4.66. The van der Waals surface area contributed by atoms with E-state index in [4.69, 9.17) is 19.3 Å². The number of nitrogens with one attached hydrogen (secondary N) is 1. The summed E-state index contributed by atoms with van der Waals surface area (Å²) >= 11 is 3.35. The molecule has 178 valence electrons. The molecule has 0 heterocycles. The van der Waals surface area contributed by atoms with Crippen molar-refractivity contribution in [1.29, 1.82) is 5.26 Å². The molecule has 0 saturated heterocycles. The van der Waals surface area contributed by atoms with Crippen LogP contribution in [0.3, 0.4) is 0 Å². The summed E-state index contributed by atoms with van der Waals surface area (Å²) < 4.78 is 16.7. The summed E-state index contributed by atoms with van der Waals surface area (Å²) in [5.74, 6) is -0.626. The Morgan fingerprint density at radius 2 is 1.77 bits per heavy atom. The maximum absolute atomic E-state index is 12.7. The predicted octanol–water partition coefficient (Wildman–Crippen LogP) is 5.05. The summed E-state index contributed by atoms with van der Waals surface area (Å²) in [6.07, 6.45) is 1.39. The maximum atomic E-state index is 12.7. The first kappa shape index (κ1) is 25.3. The number of amides is 1. The van der Waals surface area contributed by atoms with Crippen LogP contribution >= 0.6 is 15.9 Å². The van der Waals surface area contributed by atoms with Crippen LogP contribution in [0.4, 0.5) is 5.69 Å². The van der Waals surface area contributed by atoms with Crippen LogP contribution in [-0.4, -0.2) is 30.7 Å². The molecule has 3 rings (SSSR count). The molecule has 0 aliphatic heterocycles. The van der Waals surface area contributed by atoms with Crippen LogP contribution < -0.4 is 19.5 Å². The van der Waals surface area contributed by atoms with Crippen molar-refractivity contribution in [2.75, 3.05) is 19.0 Å². The number of carboxylic acid groups (broad SMARTS) is 1. The average molecular weight is 537 g/mol. The Hall–Kier alpha value is -4.29. The molecular formula is C26H21BrN2O6. The van der Waals surface area contributed by atoms with Crippen LogP contribution in [0.2, 0.25) is 0 Å². The number of carbonyl (C=O) groups is 2. The largest absolute Gasteiger partial charge is 0.493 e. The van der Waals surface area contributed by atoms with Gasteiger partial charge in [-0.3, -0.25) is 4.79 Å². The molecule has 3 aromatic rings. The summed E-state index contributed by atoms with van der Waals surface area (Å²) in [4.78, 5) is 23.5. The van der Waals surface area contributed by atoms with Gasteiger partial charge in [0.25, 0.3) is 5.91 Å². The van der Waals surface area contributed by atoms with Gasteiger partial charge in [0.2, 0.25) is 0 Å². The number of nitriles is 1. The number of carbonyl (C=O) groups excluding carboxylic acids is 1. The molecule has 0 atom stereocenters. The fourth-order valence-electron chi connectivity index (χ4n) is 2.95. The van der Waals surface area contributed by atoms with Crippen molar-refractivity contribution in [2.45, 2.75) is 6.61 Å². The van der Waals surface area contributed by atoms with Gasteiger partial charge in [-0.1, -0.05) is 46.3 Å². The van der Waals surface area contributed by atoms with Crippen molar-refractivity contribution in [3.63, 3.8) is 0 Å². The zero-order chi connectivity index (χ0) is 25.2. The second kappa shape index (κ2) is 12.3. The second-order valence-electron chi connectivity index (χ2n) is 7.13. The van der Waals surface area contributed by atoms with Crippen LogP contribution in [0, 0.1) is 11.3 Å². The van der Waals surface area contributed by atoms with Crippen molar-refractivity contribution in [2.24, 2.45) is 0 Å². The number of aliphatic carboxylic acids is 1. The van der Waals surface area contributed by atoms with Gasteiger partial charge in [0, 0.05) is 10.2 Å². The first-order valence-corrected chi connectivity index (χ1v) is 11.1. The van der Waals surface area contributed by atoms with E-state index in [1.165, 1.54) is 25.3 Å². The van der Waals surface area contributed by atoms with E-state index in [2.05, 4.69) is 21.2 Å². The standard InChI is InChI=1S/C26H21BrN2O6/c1-33-23-12-18(22(27)13-24(23)35-16-25(30)31)11-19(14-28)26(32)29-20-7-9-21(10-8-20)34-15-17-5-3-2-4-6-17/h2-13H,15-16H2,1H3,(H,29,32)(H,30,31)/b19-11+. The van der Waals surface area contributed by atoms with Crippen molar-refractivity contribution < 1.29 is 28.9 Å². The molecule has 0 fully saturated rings. The van der Waals surface area contributed by atoms with E-state index in [1.807, 2.05) is 36.4 Å². The Labute approximate surface area is 210 Å². The van der Waals surface area contributed by atoms with Crippen LogP contribution in [-0.2, 0) is 16.2 Å². The number of hydrogen-bond donors (Lipinski definition) is 2. The average Bonchev–Trinajstić information content (AvgIpc) is 2.86. The number of benzene rings is 3. The maximum Gasteiger partial charge on any atom is 0.341 e. The van der Waals surface area contributed by atoms with Gasteiger partial charge in [0.05, 0.1) is 7.11 Å². The molecule has 0 aliphatic carbocycles. The van der Waals surface area contributed by atoms with Gasteiger partial charge in [-0.2, -0.15) is 5.26 Å². The monoisotopic (exact) mass is 536 g/mol. The first-order chi connectivity index (χ1) is 16.9. The second-order valence-corrected chi connectivity index (χ2v) is 7.98. The molecule has 0 radical (unpaired) electrons. The van der Waals surface area contributed by atoms with Gasteiger partial charge >= 0.3 is 5.97 Å². The molecule has 0 bridgehead atoms. The normalized spacial score (nSPS) is 10.7. The molecule has 9 heteroatoms. The number of halogens is 1. The summed E-state index contributed by atoms with van der Waals surface area (Å²) in [5, 5.41) is 21.0. The highest BCUT2D eigenvalue weighted by Gasteiger charge is 2.14. The van der Waals surface area contributed by atoms with Crippen molar-refractivity contribution >= 4 is 39.6 Å².